The van der Waals surface area contributed by atoms with Crippen LogP contribution < -0.4 is 5.32 Å². The zero-order valence-corrected chi connectivity index (χ0v) is 13.2. The van der Waals surface area contributed by atoms with E-state index in [9.17, 15) is 0 Å². The van der Waals surface area contributed by atoms with Gasteiger partial charge in [0.05, 0.1) is 25.9 Å². The first-order valence-corrected chi connectivity index (χ1v) is 8.27. The van der Waals surface area contributed by atoms with Crippen molar-refractivity contribution in [2.45, 2.75) is 51.3 Å². The molecule has 0 amide bonds. The minimum atomic E-state index is 0.256. The van der Waals surface area contributed by atoms with Gasteiger partial charge in [0.2, 0.25) is 0 Å². The Bertz CT molecular complexity index is 326. The van der Waals surface area contributed by atoms with Gasteiger partial charge in [-0.1, -0.05) is 13.8 Å². The molecule has 0 aromatic heterocycles. The average Bonchev–Trinajstić information content (AvgIpc) is 3.24. The molecular formula is C16H30N2O2. The van der Waals surface area contributed by atoms with Gasteiger partial charge in [-0.15, -0.1) is 0 Å². The maximum absolute atomic E-state index is 5.87. The fraction of sp³-hybridized carbons (Fsp3) is 1.00. The van der Waals surface area contributed by atoms with Gasteiger partial charge >= 0.3 is 0 Å². The first-order chi connectivity index (χ1) is 9.58. The summed E-state index contributed by atoms with van der Waals surface area (Å²) in [6.45, 7) is 12.6. The summed E-state index contributed by atoms with van der Waals surface area (Å²) in [4.78, 5) is 2.67. The molecule has 3 aliphatic rings. The fourth-order valence-electron chi connectivity index (χ4n) is 3.82. The van der Waals surface area contributed by atoms with Crippen LogP contribution in [0.15, 0.2) is 0 Å². The van der Waals surface area contributed by atoms with Crippen molar-refractivity contribution in [3.05, 3.63) is 0 Å². The second-order valence-corrected chi connectivity index (χ2v) is 7.38. The number of nitrogens with zero attached hydrogens (tertiary/aromatic N) is 1. The lowest BCUT2D eigenvalue weighted by Crippen LogP contribution is -2.66. The Morgan fingerprint density at radius 3 is 2.70 bits per heavy atom. The monoisotopic (exact) mass is 282 g/mol. The largest absolute Gasteiger partial charge is 0.376 e. The summed E-state index contributed by atoms with van der Waals surface area (Å²) in [5, 5.41) is 3.84. The molecule has 2 saturated heterocycles. The molecule has 3 unspecified atom stereocenters. The van der Waals surface area contributed by atoms with E-state index in [-0.39, 0.29) is 6.10 Å². The molecule has 1 saturated carbocycles. The van der Waals surface area contributed by atoms with E-state index in [1.54, 1.807) is 0 Å². The summed E-state index contributed by atoms with van der Waals surface area (Å²) in [5.74, 6) is 1.55. The van der Waals surface area contributed by atoms with Crippen molar-refractivity contribution in [1.82, 2.24) is 10.2 Å². The normalized spacial score (nSPS) is 40.2. The van der Waals surface area contributed by atoms with Crippen LogP contribution in [0.4, 0.5) is 0 Å². The van der Waals surface area contributed by atoms with Gasteiger partial charge in [0.25, 0.3) is 0 Å². The van der Waals surface area contributed by atoms with Crippen LogP contribution in [0, 0.1) is 11.8 Å². The van der Waals surface area contributed by atoms with E-state index in [1.165, 1.54) is 12.8 Å². The van der Waals surface area contributed by atoms with Gasteiger partial charge in [0.15, 0.2) is 0 Å². The van der Waals surface area contributed by atoms with E-state index in [4.69, 9.17) is 9.47 Å². The average molecular weight is 282 g/mol. The van der Waals surface area contributed by atoms with Crippen LogP contribution in [-0.4, -0.2) is 62.0 Å². The summed E-state index contributed by atoms with van der Waals surface area (Å²) in [6.07, 6.45) is 3.05. The molecular weight excluding hydrogens is 252 g/mol. The summed E-state index contributed by atoms with van der Waals surface area (Å²) in [6, 6.07) is 0.618. The quantitative estimate of drug-likeness (QED) is 0.847. The number of nitrogens with one attached hydrogen (secondary N) is 1. The summed E-state index contributed by atoms with van der Waals surface area (Å²) < 4.78 is 11.4. The SMILES string of the molecule is CC(C)C1CNC(C)(C2CC2)CN1CC1COCCO1. The predicted molar refractivity (Wildman–Crippen MR) is 79.9 cm³/mol. The van der Waals surface area contributed by atoms with Crippen LogP contribution in [0.5, 0.6) is 0 Å². The Labute approximate surface area is 123 Å². The number of rotatable bonds is 4. The summed E-state index contributed by atoms with van der Waals surface area (Å²) in [7, 11) is 0. The number of hydrogen-bond acceptors (Lipinski definition) is 4. The molecule has 0 aromatic rings. The third-order valence-electron chi connectivity index (χ3n) is 5.29. The van der Waals surface area contributed by atoms with Gasteiger partial charge in [-0.05, 0) is 31.6 Å². The lowest BCUT2D eigenvalue weighted by molar-refractivity contribution is -0.108. The van der Waals surface area contributed by atoms with Crippen molar-refractivity contribution in [2.75, 3.05) is 39.5 Å². The van der Waals surface area contributed by atoms with Crippen LogP contribution in [0.2, 0.25) is 0 Å². The molecule has 116 valence electrons. The van der Waals surface area contributed by atoms with Crippen LogP contribution in [0.3, 0.4) is 0 Å². The van der Waals surface area contributed by atoms with Crippen molar-refractivity contribution >= 4 is 0 Å². The number of piperazine rings is 1. The molecule has 0 bridgehead atoms. The van der Waals surface area contributed by atoms with Crippen molar-refractivity contribution in [1.29, 1.82) is 0 Å². The van der Waals surface area contributed by atoms with Gasteiger partial charge in [0, 0.05) is 31.2 Å². The minimum Gasteiger partial charge on any atom is -0.376 e. The first-order valence-electron chi connectivity index (χ1n) is 8.27. The second kappa shape index (κ2) is 5.91. The highest BCUT2D eigenvalue weighted by Crippen LogP contribution is 2.41. The first kappa shape index (κ1) is 14.8. The van der Waals surface area contributed by atoms with E-state index in [2.05, 4.69) is 31.0 Å². The summed E-state index contributed by atoms with van der Waals surface area (Å²) >= 11 is 0. The number of ether oxygens (including phenoxy) is 2. The lowest BCUT2D eigenvalue weighted by atomic mass is 9.88. The van der Waals surface area contributed by atoms with E-state index in [0.29, 0.717) is 17.5 Å². The molecule has 2 aliphatic heterocycles. The number of hydrogen-bond donors (Lipinski definition) is 1. The fourth-order valence-corrected chi connectivity index (χ4v) is 3.82. The van der Waals surface area contributed by atoms with Gasteiger partial charge < -0.3 is 14.8 Å². The molecule has 3 fully saturated rings. The van der Waals surface area contributed by atoms with Crippen molar-refractivity contribution in [3.63, 3.8) is 0 Å². The van der Waals surface area contributed by atoms with Crippen molar-refractivity contribution in [2.24, 2.45) is 11.8 Å². The molecule has 1 N–H and O–H groups in total. The minimum absolute atomic E-state index is 0.256. The van der Waals surface area contributed by atoms with Gasteiger partial charge in [-0.3, -0.25) is 4.90 Å². The van der Waals surface area contributed by atoms with Gasteiger partial charge in [0.1, 0.15) is 0 Å². The molecule has 3 atom stereocenters. The predicted octanol–water partition coefficient (Wildman–Crippen LogP) is 1.50. The Morgan fingerprint density at radius 2 is 2.10 bits per heavy atom. The van der Waals surface area contributed by atoms with Gasteiger partial charge in [-0.2, -0.15) is 0 Å². The van der Waals surface area contributed by atoms with E-state index >= 15 is 0 Å². The van der Waals surface area contributed by atoms with Crippen molar-refractivity contribution < 1.29 is 9.47 Å². The third-order valence-corrected chi connectivity index (χ3v) is 5.29. The summed E-state index contributed by atoms with van der Waals surface area (Å²) in [5.41, 5.74) is 0.306. The van der Waals surface area contributed by atoms with Crippen LogP contribution in [0.25, 0.3) is 0 Å². The topological polar surface area (TPSA) is 33.7 Å². The van der Waals surface area contributed by atoms with E-state index in [1.807, 2.05) is 0 Å². The van der Waals surface area contributed by atoms with E-state index < -0.39 is 0 Å². The Morgan fingerprint density at radius 1 is 1.30 bits per heavy atom. The molecule has 4 nitrogen and oxygen atoms in total. The molecule has 4 heteroatoms. The zero-order chi connectivity index (χ0) is 14.2. The lowest BCUT2D eigenvalue weighted by Gasteiger charge is -2.49. The molecule has 0 radical (unpaired) electrons. The third kappa shape index (κ3) is 3.19. The van der Waals surface area contributed by atoms with Gasteiger partial charge in [-0.25, -0.2) is 0 Å². The van der Waals surface area contributed by atoms with Crippen LogP contribution in [0.1, 0.15) is 33.6 Å². The standard InChI is InChI=1S/C16H30N2O2/c1-12(2)15-8-17-16(3,13-4-5-13)11-18(15)9-14-10-19-6-7-20-14/h12-15,17H,4-11H2,1-3H3. The molecule has 1 aliphatic carbocycles. The highest BCUT2D eigenvalue weighted by atomic mass is 16.6. The Kier molecular flexibility index (Phi) is 4.37. The molecule has 2 heterocycles. The van der Waals surface area contributed by atoms with Crippen LogP contribution in [-0.2, 0) is 9.47 Å². The Balaban J connectivity index is 1.65. The highest BCUT2D eigenvalue weighted by molar-refractivity contribution is 5.04. The van der Waals surface area contributed by atoms with E-state index in [0.717, 1.165) is 45.4 Å². The zero-order valence-electron chi connectivity index (χ0n) is 13.2. The van der Waals surface area contributed by atoms with Crippen LogP contribution >= 0.6 is 0 Å². The van der Waals surface area contributed by atoms with Crippen molar-refractivity contribution in [3.8, 4) is 0 Å². The smallest absolute Gasteiger partial charge is 0.0936 e. The highest BCUT2D eigenvalue weighted by Gasteiger charge is 2.46. The maximum Gasteiger partial charge on any atom is 0.0936 e. The molecule has 20 heavy (non-hydrogen) atoms. The Hall–Kier alpha value is -0.160. The maximum atomic E-state index is 5.87. The molecule has 3 rings (SSSR count). The molecule has 0 aromatic carbocycles. The molecule has 0 spiro atoms. The second-order valence-electron chi connectivity index (χ2n) is 7.38.